The Bertz CT molecular complexity index is 1110. The van der Waals surface area contributed by atoms with E-state index in [-0.39, 0.29) is 5.69 Å². The summed E-state index contributed by atoms with van der Waals surface area (Å²) in [5.41, 5.74) is 2.06. The standard InChI is InChI=1S/C19H19Cl2N5O3S/c1-4-12(18(28)29)16-10(3)30-19(22-16)23-17(27)15-9(2)26(25-24-15)8-11-5-6-13(20)14(21)7-11/h5-7,12H,4,8H2,1-3H3,(H,28,29)(H,22,23,27). The Morgan fingerprint density at radius 2 is 2.00 bits per heavy atom. The first-order valence-electron chi connectivity index (χ1n) is 9.06. The van der Waals surface area contributed by atoms with Crippen molar-refractivity contribution in [1.82, 2.24) is 20.0 Å². The zero-order valence-corrected chi connectivity index (χ0v) is 18.8. The molecule has 2 aromatic heterocycles. The number of aromatic nitrogens is 4. The van der Waals surface area contributed by atoms with E-state index in [1.165, 1.54) is 11.3 Å². The summed E-state index contributed by atoms with van der Waals surface area (Å²) in [4.78, 5) is 29.2. The van der Waals surface area contributed by atoms with Gasteiger partial charge in [0.25, 0.3) is 5.91 Å². The third kappa shape index (κ3) is 4.63. The van der Waals surface area contributed by atoms with Crippen molar-refractivity contribution in [3.05, 3.63) is 55.8 Å². The first-order valence-corrected chi connectivity index (χ1v) is 10.6. The number of carboxylic acids is 1. The fourth-order valence-corrected chi connectivity index (χ4v) is 4.15. The number of benzene rings is 1. The Balaban J connectivity index is 1.77. The van der Waals surface area contributed by atoms with Gasteiger partial charge in [-0.3, -0.25) is 14.9 Å². The molecule has 158 valence electrons. The van der Waals surface area contributed by atoms with Crippen LogP contribution in [-0.2, 0) is 11.3 Å². The lowest BCUT2D eigenvalue weighted by Crippen LogP contribution is -2.15. The van der Waals surface area contributed by atoms with E-state index in [2.05, 4.69) is 20.6 Å². The number of rotatable bonds is 7. The highest BCUT2D eigenvalue weighted by molar-refractivity contribution is 7.15. The molecule has 0 aliphatic heterocycles. The number of nitrogens with one attached hydrogen (secondary N) is 1. The molecule has 0 bridgehead atoms. The van der Waals surface area contributed by atoms with Crippen LogP contribution in [0.25, 0.3) is 0 Å². The molecule has 3 rings (SSSR count). The van der Waals surface area contributed by atoms with Gasteiger partial charge < -0.3 is 5.11 Å². The first-order chi connectivity index (χ1) is 14.2. The molecular weight excluding hydrogens is 449 g/mol. The molecule has 3 aromatic rings. The molecule has 8 nitrogen and oxygen atoms in total. The van der Waals surface area contributed by atoms with Crippen LogP contribution in [0.1, 0.15) is 51.6 Å². The number of hydrogen-bond acceptors (Lipinski definition) is 6. The Morgan fingerprint density at radius 1 is 1.27 bits per heavy atom. The quantitative estimate of drug-likeness (QED) is 0.527. The van der Waals surface area contributed by atoms with Crippen molar-refractivity contribution in [1.29, 1.82) is 0 Å². The van der Waals surface area contributed by atoms with Gasteiger partial charge in [0.05, 0.1) is 33.9 Å². The van der Waals surface area contributed by atoms with E-state index < -0.39 is 17.8 Å². The summed E-state index contributed by atoms with van der Waals surface area (Å²) in [6.45, 7) is 5.68. The maximum absolute atomic E-state index is 12.7. The SMILES string of the molecule is CCC(C(=O)O)c1nc(NC(=O)c2nnn(Cc3ccc(Cl)c(Cl)c3)c2C)sc1C. The molecule has 0 fully saturated rings. The van der Waals surface area contributed by atoms with Crippen LogP contribution >= 0.6 is 34.5 Å². The summed E-state index contributed by atoms with van der Waals surface area (Å²) in [5.74, 6) is -2.11. The van der Waals surface area contributed by atoms with Crippen LogP contribution in [0.5, 0.6) is 0 Å². The van der Waals surface area contributed by atoms with Gasteiger partial charge in [0, 0.05) is 4.88 Å². The number of carbonyl (C=O) groups excluding carboxylic acids is 1. The Kier molecular flexibility index (Phi) is 6.74. The molecule has 11 heteroatoms. The summed E-state index contributed by atoms with van der Waals surface area (Å²) in [6, 6.07) is 5.25. The van der Waals surface area contributed by atoms with Gasteiger partial charge in [-0.25, -0.2) is 9.67 Å². The fourth-order valence-electron chi connectivity index (χ4n) is 2.96. The minimum atomic E-state index is -0.940. The topological polar surface area (TPSA) is 110 Å². The van der Waals surface area contributed by atoms with E-state index in [4.69, 9.17) is 23.2 Å². The molecule has 30 heavy (non-hydrogen) atoms. The van der Waals surface area contributed by atoms with E-state index >= 15 is 0 Å². The molecule has 1 atom stereocenters. The van der Waals surface area contributed by atoms with Crippen molar-refractivity contribution in [2.45, 2.75) is 39.7 Å². The van der Waals surface area contributed by atoms with E-state index in [0.717, 1.165) is 10.4 Å². The zero-order chi connectivity index (χ0) is 22.0. The maximum Gasteiger partial charge on any atom is 0.312 e. The van der Waals surface area contributed by atoms with Crippen LogP contribution in [-0.4, -0.2) is 37.0 Å². The van der Waals surface area contributed by atoms with Crippen molar-refractivity contribution < 1.29 is 14.7 Å². The smallest absolute Gasteiger partial charge is 0.312 e. The monoisotopic (exact) mass is 467 g/mol. The number of halogens is 2. The predicted molar refractivity (Wildman–Crippen MR) is 116 cm³/mol. The summed E-state index contributed by atoms with van der Waals surface area (Å²) < 4.78 is 1.59. The molecule has 1 unspecified atom stereocenters. The molecule has 0 radical (unpaired) electrons. The van der Waals surface area contributed by atoms with Gasteiger partial charge in [-0.1, -0.05) is 41.4 Å². The lowest BCUT2D eigenvalue weighted by Gasteiger charge is -2.07. The van der Waals surface area contributed by atoms with Crippen LogP contribution < -0.4 is 5.32 Å². The number of carbonyl (C=O) groups is 2. The maximum atomic E-state index is 12.7. The number of carboxylic acid groups (broad SMARTS) is 1. The minimum absolute atomic E-state index is 0.162. The average Bonchev–Trinajstić information content (AvgIpc) is 3.21. The number of anilines is 1. The normalized spacial score (nSPS) is 12.0. The predicted octanol–water partition coefficient (Wildman–Crippen LogP) is 4.54. The molecule has 1 amide bonds. The summed E-state index contributed by atoms with van der Waals surface area (Å²) in [5, 5.41) is 21.3. The van der Waals surface area contributed by atoms with E-state index in [9.17, 15) is 14.7 Å². The molecule has 0 saturated heterocycles. The number of nitrogens with zero attached hydrogens (tertiary/aromatic N) is 4. The second kappa shape index (κ2) is 9.11. The van der Waals surface area contributed by atoms with Gasteiger partial charge in [0.2, 0.25) is 0 Å². The number of aliphatic carboxylic acids is 1. The largest absolute Gasteiger partial charge is 0.481 e. The average molecular weight is 468 g/mol. The van der Waals surface area contributed by atoms with Crippen LogP contribution in [0.15, 0.2) is 18.2 Å². The van der Waals surface area contributed by atoms with Gasteiger partial charge in [-0.15, -0.1) is 16.4 Å². The molecular formula is C19H19Cl2N5O3S. The third-order valence-corrected chi connectivity index (χ3v) is 6.24. The van der Waals surface area contributed by atoms with Crippen LogP contribution in [0.3, 0.4) is 0 Å². The van der Waals surface area contributed by atoms with Gasteiger partial charge in [0.1, 0.15) is 0 Å². The Labute approximate surface area is 186 Å². The first kappa shape index (κ1) is 22.2. The highest BCUT2D eigenvalue weighted by Gasteiger charge is 2.25. The van der Waals surface area contributed by atoms with Crippen molar-refractivity contribution in [2.75, 3.05) is 5.32 Å². The second-order valence-corrected chi connectivity index (χ2v) is 8.66. The summed E-state index contributed by atoms with van der Waals surface area (Å²) >= 11 is 13.2. The van der Waals surface area contributed by atoms with Crippen LogP contribution in [0, 0.1) is 13.8 Å². The Hall–Kier alpha value is -2.49. The van der Waals surface area contributed by atoms with Gasteiger partial charge in [-0.05, 0) is 38.0 Å². The number of hydrogen-bond donors (Lipinski definition) is 2. The highest BCUT2D eigenvalue weighted by atomic mass is 35.5. The van der Waals surface area contributed by atoms with Crippen molar-refractivity contribution >= 4 is 51.5 Å². The van der Waals surface area contributed by atoms with Gasteiger partial charge in [0.15, 0.2) is 10.8 Å². The van der Waals surface area contributed by atoms with Crippen molar-refractivity contribution in [3.8, 4) is 0 Å². The number of thiazole rings is 1. The molecule has 0 saturated carbocycles. The van der Waals surface area contributed by atoms with E-state index in [1.54, 1.807) is 37.6 Å². The van der Waals surface area contributed by atoms with Crippen LogP contribution in [0.2, 0.25) is 10.0 Å². The molecule has 0 aliphatic carbocycles. The van der Waals surface area contributed by atoms with E-state index in [0.29, 0.717) is 39.5 Å². The Morgan fingerprint density at radius 3 is 2.63 bits per heavy atom. The molecule has 0 aliphatic rings. The van der Waals surface area contributed by atoms with E-state index in [1.807, 2.05) is 6.07 Å². The molecule has 2 heterocycles. The second-order valence-electron chi connectivity index (χ2n) is 6.64. The van der Waals surface area contributed by atoms with Crippen LogP contribution in [0.4, 0.5) is 5.13 Å². The summed E-state index contributed by atoms with van der Waals surface area (Å²) in [7, 11) is 0. The highest BCUT2D eigenvalue weighted by Crippen LogP contribution is 2.30. The number of aryl methyl sites for hydroxylation is 1. The third-order valence-electron chi connectivity index (χ3n) is 4.60. The van der Waals surface area contributed by atoms with Crippen molar-refractivity contribution in [3.63, 3.8) is 0 Å². The molecule has 0 spiro atoms. The summed E-state index contributed by atoms with van der Waals surface area (Å²) in [6.07, 6.45) is 0.412. The number of amides is 1. The lowest BCUT2D eigenvalue weighted by molar-refractivity contribution is -0.138. The van der Waals surface area contributed by atoms with Gasteiger partial charge >= 0.3 is 5.97 Å². The fraction of sp³-hybridized carbons (Fsp3) is 0.316. The van der Waals surface area contributed by atoms with Gasteiger partial charge in [-0.2, -0.15) is 0 Å². The minimum Gasteiger partial charge on any atom is -0.481 e. The lowest BCUT2D eigenvalue weighted by atomic mass is 10.0. The molecule has 1 aromatic carbocycles. The molecule has 2 N–H and O–H groups in total. The van der Waals surface area contributed by atoms with Crippen molar-refractivity contribution in [2.24, 2.45) is 0 Å². The zero-order valence-electron chi connectivity index (χ0n) is 16.4.